The van der Waals surface area contributed by atoms with Gasteiger partial charge in [-0.2, -0.15) is 0 Å². The van der Waals surface area contributed by atoms with Crippen molar-refractivity contribution in [1.29, 1.82) is 0 Å². The number of hydrogen-bond donors (Lipinski definition) is 2. The number of allylic oxidation sites excluding steroid dienone is 1. The number of carbonyl (C=O) groups is 2. The van der Waals surface area contributed by atoms with E-state index in [1.165, 1.54) is 11.8 Å². The molecule has 0 saturated heterocycles. The van der Waals surface area contributed by atoms with E-state index in [0.29, 0.717) is 12.2 Å². The molecule has 156 valence electrons. The van der Waals surface area contributed by atoms with Gasteiger partial charge < -0.3 is 15.4 Å². The minimum absolute atomic E-state index is 0.154. The van der Waals surface area contributed by atoms with Crippen LogP contribution in [0.25, 0.3) is 0 Å². The Hall–Kier alpha value is -3.38. The van der Waals surface area contributed by atoms with Crippen molar-refractivity contribution in [3.8, 4) is 5.75 Å². The van der Waals surface area contributed by atoms with Crippen molar-refractivity contribution in [3.63, 3.8) is 0 Å². The number of fused-ring (bicyclic) bond motifs is 1. The Balaban J connectivity index is 1.56. The Kier molecular flexibility index (Phi) is 5.08. The SMILES string of the molecule is CC(=O)Oc1ccc([C@@H]2Nc3ccccc3NC3=C2C(=O)C[C@@H](c2cccs2)C3)cc1. The van der Waals surface area contributed by atoms with Gasteiger partial charge in [0, 0.05) is 35.4 Å². The first kappa shape index (κ1) is 19.6. The van der Waals surface area contributed by atoms with E-state index in [9.17, 15) is 9.59 Å². The molecule has 0 saturated carbocycles. The molecule has 1 aliphatic heterocycles. The lowest BCUT2D eigenvalue weighted by Gasteiger charge is -2.29. The summed E-state index contributed by atoms with van der Waals surface area (Å²) in [6.45, 7) is 1.38. The summed E-state index contributed by atoms with van der Waals surface area (Å²) in [5.74, 6) is 0.480. The van der Waals surface area contributed by atoms with Crippen LogP contribution in [-0.2, 0) is 9.59 Å². The molecule has 2 atom stereocenters. The molecule has 0 fully saturated rings. The minimum Gasteiger partial charge on any atom is -0.427 e. The fourth-order valence-corrected chi connectivity index (χ4v) is 5.19. The van der Waals surface area contributed by atoms with E-state index in [1.807, 2.05) is 42.5 Å². The zero-order chi connectivity index (χ0) is 21.4. The summed E-state index contributed by atoms with van der Waals surface area (Å²) in [5.41, 5.74) is 4.62. The molecule has 0 spiro atoms. The zero-order valence-corrected chi connectivity index (χ0v) is 17.9. The van der Waals surface area contributed by atoms with E-state index in [1.54, 1.807) is 23.5 Å². The van der Waals surface area contributed by atoms with E-state index >= 15 is 0 Å². The van der Waals surface area contributed by atoms with Crippen molar-refractivity contribution >= 4 is 34.5 Å². The topological polar surface area (TPSA) is 67.4 Å². The van der Waals surface area contributed by atoms with Gasteiger partial charge in [-0.1, -0.05) is 30.3 Å². The van der Waals surface area contributed by atoms with Gasteiger partial charge in [-0.25, -0.2) is 0 Å². The first-order valence-corrected chi connectivity index (χ1v) is 11.2. The van der Waals surface area contributed by atoms with Crippen molar-refractivity contribution in [2.24, 2.45) is 0 Å². The molecule has 0 unspecified atom stereocenters. The fourth-order valence-electron chi connectivity index (χ4n) is 4.36. The Labute approximate surface area is 184 Å². The van der Waals surface area contributed by atoms with Gasteiger partial charge in [0.2, 0.25) is 0 Å². The molecule has 5 nitrogen and oxygen atoms in total. The molecule has 0 radical (unpaired) electrons. The van der Waals surface area contributed by atoms with E-state index in [-0.39, 0.29) is 23.7 Å². The lowest BCUT2D eigenvalue weighted by molar-refractivity contribution is -0.131. The molecule has 5 rings (SSSR count). The molecule has 0 amide bonds. The van der Waals surface area contributed by atoms with Gasteiger partial charge in [0.15, 0.2) is 5.78 Å². The molecule has 1 aromatic heterocycles. The summed E-state index contributed by atoms with van der Waals surface area (Å²) >= 11 is 1.71. The van der Waals surface area contributed by atoms with Crippen molar-refractivity contribution < 1.29 is 14.3 Å². The summed E-state index contributed by atoms with van der Waals surface area (Å²) in [6.07, 6.45) is 1.29. The lowest BCUT2D eigenvalue weighted by Crippen LogP contribution is -2.26. The summed E-state index contributed by atoms with van der Waals surface area (Å²) in [7, 11) is 0. The van der Waals surface area contributed by atoms with Gasteiger partial charge in [-0.15, -0.1) is 11.3 Å². The number of nitrogens with one attached hydrogen (secondary N) is 2. The Morgan fingerprint density at radius 2 is 1.77 bits per heavy atom. The van der Waals surface area contributed by atoms with Crippen molar-refractivity contribution in [1.82, 2.24) is 0 Å². The predicted octanol–water partition coefficient (Wildman–Crippen LogP) is 5.65. The monoisotopic (exact) mass is 430 g/mol. The van der Waals surface area contributed by atoms with Crippen LogP contribution in [0.3, 0.4) is 0 Å². The third kappa shape index (κ3) is 3.86. The second kappa shape index (κ2) is 8.04. The largest absolute Gasteiger partial charge is 0.427 e. The van der Waals surface area contributed by atoms with Crippen molar-refractivity contribution in [2.75, 3.05) is 10.6 Å². The predicted molar refractivity (Wildman–Crippen MR) is 123 cm³/mol. The second-order valence-corrected chi connectivity index (χ2v) is 8.83. The van der Waals surface area contributed by atoms with E-state index < -0.39 is 0 Å². The molecule has 2 aromatic carbocycles. The van der Waals surface area contributed by atoms with Crippen LogP contribution in [0, 0.1) is 0 Å². The maximum absolute atomic E-state index is 13.4. The van der Waals surface area contributed by atoms with Crippen LogP contribution >= 0.6 is 11.3 Å². The molecule has 2 aliphatic rings. The van der Waals surface area contributed by atoms with E-state index in [4.69, 9.17) is 4.74 Å². The van der Waals surface area contributed by atoms with Crippen LogP contribution in [0.1, 0.15) is 42.2 Å². The molecule has 0 bridgehead atoms. The Morgan fingerprint density at radius 3 is 2.48 bits per heavy atom. The molecule has 3 aromatic rings. The zero-order valence-electron chi connectivity index (χ0n) is 17.1. The van der Waals surface area contributed by atoms with Gasteiger partial charge >= 0.3 is 5.97 Å². The molecule has 6 heteroatoms. The number of para-hydroxylation sites is 2. The van der Waals surface area contributed by atoms with Crippen molar-refractivity contribution in [3.05, 3.63) is 87.8 Å². The highest BCUT2D eigenvalue weighted by Gasteiger charge is 2.36. The first-order valence-electron chi connectivity index (χ1n) is 10.3. The molecule has 2 heterocycles. The van der Waals surface area contributed by atoms with Gasteiger partial charge in [-0.3, -0.25) is 9.59 Å². The van der Waals surface area contributed by atoms with E-state index in [2.05, 4.69) is 22.1 Å². The highest BCUT2D eigenvalue weighted by molar-refractivity contribution is 7.10. The average Bonchev–Trinajstić information content (AvgIpc) is 3.23. The summed E-state index contributed by atoms with van der Waals surface area (Å²) < 4.78 is 5.17. The van der Waals surface area contributed by atoms with Crippen LogP contribution in [0.5, 0.6) is 5.75 Å². The number of ether oxygens (including phenoxy) is 1. The highest BCUT2D eigenvalue weighted by atomic mass is 32.1. The highest BCUT2D eigenvalue weighted by Crippen LogP contribution is 2.44. The number of carbonyl (C=O) groups excluding carboxylic acids is 2. The van der Waals surface area contributed by atoms with Crippen LogP contribution in [0.4, 0.5) is 11.4 Å². The average molecular weight is 431 g/mol. The molecular formula is C25H22N2O3S. The minimum atomic E-state index is -0.356. The normalized spacial score (nSPS) is 20.1. The number of esters is 1. The van der Waals surface area contributed by atoms with Crippen LogP contribution in [-0.4, -0.2) is 11.8 Å². The molecule has 2 N–H and O–H groups in total. The third-order valence-corrected chi connectivity index (χ3v) is 6.76. The van der Waals surface area contributed by atoms with E-state index in [0.717, 1.165) is 34.6 Å². The second-order valence-electron chi connectivity index (χ2n) is 7.85. The Morgan fingerprint density at radius 1 is 1.00 bits per heavy atom. The molecule has 31 heavy (non-hydrogen) atoms. The number of rotatable bonds is 3. The maximum atomic E-state index is 13.4. The number of thiophene rings is 1. The van der Waals surface area contributed by atoms with Gasteiger partial charge in [0.1, 0.15) is 5.75 Å². The number of ketones is 1. The number of hydrogen-bond acceptors (Lipinski definition) is 6. The summed E-state index contributed by atoms with van der Waals surface area (Å²) in [5, 5.41) is 9.19. The van der Waals surface area contributed by atoms with Crippen LogP contribution < -0.4 is 15.4 Å². The standard InChI is InChI=1S/C25H22N2O3S/c1-15(28)30-18-10-8-16(9-11-18)25-24-21(26-19-5-2-3-6-20(19)27-25)13-17(14-22(24)29)23-7-4-12-31-23/h2-12,17,25-27H,13-14H2,1H3/t17-,25-/m0/s1. The summed E-state index contributed by atoms with van der Waals surface area (Å²) in [4.78, 5) is 25.9. The Bertz CT molecular complexity index is 1170. The van der Waals surface area contributed by atoms with Gasteiger partial charge in [-0.05, 0) is 47.7 Å². The van der Waals surface area contributed by atoms with Crippen LogP contribution in [0.15, 0.2) is 77.3 Å². The van der Waals surface area contributed by atoms with Crippen LogP contribution in [0.2, 0.25) is 0 Å². The smallest absolute Gasteiger partial charge is 0.308 e. The van der Waals surface area contributed by atoms with Crippen molar-refractivity contribution in [2.45, 2.75) is 31.7 Å². The maximum Gasteiger partial charge on any atom is 0.308 e. The fraction of sp³-hybridized carbons (Fsp3) is 0.200. The lowest BCUT2D eigenvalue weighted by atomic mass is 9.81. The third-order valence-electron chi connectivity index (χ3n) is 5.73. The first-order chi connectivity index (χ1) is 15.1. The number of anilines is 2. The summed E-state index contributed by atoms with van der Waals surface area (Å²) in [6, 6.07) is 19.2. The number of benzene rings is 2. The quantitative estimate of drug-likeness (QED) is 0.415. The molecule has 1 aliphatic carbocycles. The molecular weight excluding hydrogens is 408 g/mol. The van der Waals surface area contributed by atoms with Gasteiger partial charge in [0.25, 0.3) is 0 Å². The number of Topliss-reactive ketones (excluding diaryl/α,β-unsaturated/α-hetero) is 1. The van der Waals surface area contributed by atoms with Gasteiger partial charge in [0.05, 0.1) is 17.4 Å².